The minimum atomic E-state index is -0.591. The van der Waals surface area contributed by atoms with Gasteiger partial charge in [0.2, 0.25) is 0 Å². The van der Waals surface area contributed by atoms with Crippen molar-refractivity contribution in [3.63, 3.8) is 0 Å². The molecule has 8 heteroatoms. The van der Waals surface area contributed by atoms with E-state index in [0.717, 1.165) is 0 Å². The van der Waals surface area contributed by atoms with Gasteiger partial charge in [0.15, 0.2) is 12.4 Å². The molecule has 2 aromatic rings. The monoisotopic (exact) mass is 329 g/mol. The number of phenolic OH excluding ortho intramolecular Hbond substituents is 1. The molecule has 0 aliphatic rings. The van der Waals surface area contributed by atoms with Gasteiger partial charge in [0, 0.05) is 11.6 Å². The summed E-state index contributed by atoms with van der Waals surface area (Å²) in [6, 6.07) is 10.9. The molecule has 0 spiro atoms. The lowest BCUT2D eigenvalue weighted by atomic mass is 10.1. The van der Waals surface area contributed by atoms with Gasteiger partial charge in [-0.3, -0.25) is 14.9 Å². The molecule has 2 rings (SSSR count). The van der Waals surface area contributed by atoms with E-state index in [1.807, 2.05) is 0 Å². The van der Waals surface area contributed by atoms with Crippen molar-refractivity contribution in [3.05, 3.63) is 63.7 Å². The SMILES string of the molecule is Cc1cccc(/C=N\NC(=O)COc2ccccc2[N+](=O)[O-])c1O. The summed E-state index contributed by atoms with van der Waals surface area (Å²) in [6.07, 6.45) is 1.30. The number of carbonyl (C=O) groups is 1. The number of benzene rings is 2. The maximum Gasteiger partial charge on any atom is 0.310 e. The van der Waals surface area contributed by atoms with Crippen LogP contribution in [0, 0.1) is 17.0 Å². The van der Waals surface area contributed by atoms with Crippen LogP contribution in [0.1, 0.15) is 11.1 Å². The largest absolute Gasteiger partial charge is 0.507 e. The molecule has 0 aliphatic carbocycles. The number of rotatable bonds is 6. The van der Waals surface area contributed by atoms with Gasteiger partial charge in [0.05, 0.1) is 11.1 Å². The molecule has 0 saturated carbocycles. The Hall–Kier alpha value is -3.42. The lowest BCUT2D eigenvalue weighted by Gasteiger charge is -2.05. The Morgan fingerprint density at radius 2 is 2.08 bits per heavy atom. The third kappa shape index (κ3) is 4.29. The van der Waals surface area contributed by atoms with Crippen molar-refractivity contribution < 1.29 is 19.6 Å². The number of nitro groups is 1. The number of phenols is 1. The predicted octanol–water partition coefficient (Wildman–Crippen LogP) is 2.14. The van der Waals surface area contributed by atoms with Gasteiger partial charge < -0.3 is 9.84 Å². The molecular formula is C16H15N3O5. The molecule has 0 bridgehead atoms. The Morgan fingerprint density at radius 3 is 2.83 bits per heavy atom. The number of nitrogens with zero attached hydrogens (tertiary/aromatic N) is 2. The number of hydrogen-bond donors (Lipinski definition) is 2. The van der Waals surface area contributed by atoms with Crippen LogP contribution in [0.5, 0.6) is 11.5 Å². The van der Waals surface area contributed by atoms with Crippen LogP contribution in [0.4, 0.5) is 5.69 Å². The summed E-state index contributed by atoms with van der Waals surface area (Å²) in [5.41, 5.74) is 3.14. The first-order valence-electron chi connectivity index (χ1n) is 6.95. The van der Waals surface area contributed by atoms with Crippen molar-refractivity contribution in [3.8, 4) is 11.5 Å². The molecule has 0 atom stereocenters. The zero-order valence-electron chi connectivity index (χ0n) is 12.8. The average molecular weight is 329 g/mol. The first kappa shape index (κ1) is 16.9. The smallest absolute Gasteiger partial charge is 0.310 e. The molecule has 0 unspecified atom stereocenters. The van der Waals surface area contributed by atoms with Crippen LogP contribution in [0.2, 0.25) is 0 Å². The molecule has 8 nitrogen and oxygen atoms in total. The Kier molecular flexibility index (Phi) is 5.45. The minimum Gasteiger partial charge on any atom is -0.507 e. The van der Waals surface area contributed by atoms with E-state index in [-0.39, 0.29) is 17.2 Å². The zero-order valence-corrected chi connectivity index (χ0v) is 12.8. The highest BCUT2D eigenvalue weighted by Gasteiger charge is 2.14. The molecule has 0 aliphatic heterocycles. The molecule has 0 saturated heterocycles. The molecule has 2 N–H and O–H groups in total. The van der Waals surface area contributed by atoms with Gasteiger partial charge in [-0.15, -0.1) is 0 Å². The Bertz CT molecular complexity index is 789. The van der Waals surface area contributed by atoms with E-state index in [9.17, 15) is 20.0 Å². The van der Waals surface area contributed by atoms with E-state index in [1.165, 1.54) is 24.4 Å². The second-order valence-corrected chi connectivity index (χ2v) is 4.82. The summed E-state index contributed by atoms with van der Waals surface area (Å²) < 4.78 is 5.13. The first-order valence-corrected chi connectivity index (χ1v) is 6.95. The van der Waals surface area contributed by atoms with E-state index < -0.39 is 17.4 Å². The van der Waals surface area contributed by atoms with Crippen molar-refractivity contribution in [1.29, 1.82) is 0 Å². The number of para-hydroxylation sites is 3. The quantitative estimate of drug-likeness (QED) is 0.479. The van der Waals surface area contributed by atoms with Crippen molar-refractivity contribution >= 4 is 17.8 Å². The summed E-state index contributed by atoms with van der Waals surface area (Å²) in [5.74, 6) is -0.513. The first-order chi connectivity index (χ1) is 11.5. The van der Waals surface area contributed by atoms with Gasteiger partial charge in [-0.2, -0.15) is 5.10 Å². The highest BCUT2D eigenvalue weighted by atomic mass is 16.6. The molecule has 24 heavy (non-hydrogen) atoms. The standard InChI is InChI=1S/C16H15N3O5/c1-11-5-4-6-12(16(11)21)9-17-18-15(20)10-24-14-8-3-2-7-13(14)19(22)23/h2-9,21H,10H2,1H3,(H,18,20)/b17-9-. The molecule has 0 fully saturated rings. The van der Waals surface area contributed by atoms with E-state index in [0.29, 0.717) is 11.1 Å². The van der Waals surface area contributed by atoms with Gasteiger partial charge in [-0.05, 0) is 24.6 Å². The van der Waals surface area contributed by atoms with Gasteiger partial charge >= 0.3 is 5.69 Å². The van der Waals surface area contributed by atoms with Crippen LogP contribution in [-0.2, 0) is 4.79 Å². The number of ether oxygens (including phenoxy) is 1. The van der Waals surface area contributed by atoms with Crippen molar-refractivity contribution in [2.24, 2.45) is 5.10 Å². The van der Waals surface area contributed by atoms with Crippen molar-refractivity contribution in [2.75, 3.05) is 6.61 Å². The van der Waals surface area contributed by atoms with Crippen LogP contribution in [0.25, 0.3) is 0 Å². The molecule has 1 amide bonds. The number of carbonyl (C=O) groups excluding carboxylic acids is 1. The lowest BCUT2D eigenvalue weighted by molar-refractivity contribution is -0.385. The summed E-state index contributed by atoms with van der Waals surface area (Å²) in [5, 5.41) is 24.4. The van der Waals surface area contributed by atoms with Crippen LogP contribution >= 0.6 is 0 Å². The number of hydrogen-bond acceptors (Lipinski definition) is 6. The highest BCUT2D eigenvalue weighted by Crippen LogP contribution is 2.25. The number of aryl methyl sites for hydroxylation is 1. The van der Waals surface area contributed by atoms with Gasteiger partial charge in [-0.25, -0.2) is 5.43 Å². The number of nitrogens with one attached hydrogen (secondary N) is 1. The second kappa shape index (κ2) is 7.73. The molecule has 0 heterocycles. The zero-order chi connectivity index (χ0) is 17.5. The maximum absolute atomic E-state index is 11.7. The minimum absolute atomic E-state index is 0.00189. The molecule has 0 radical (unpaired) electrons. The fourth-order valence-electron chi connectivity index (χ4n) is 1.87. The molecule has 2 aromatic carbocycles. The molecular weight excluding hydrogens is 314 g/mol. The second-order valence-electron chi connectivity index (χ2n) is 4.82. The number of hydrazone groups is 1. The maximum atomic E-state index is 11.7. The molecule has 0 aromatic heterocycles. The Balaban J connectivity index is 1.91. The molecule has 124 valence electrons. The Labute approximate surface area is 137 Å². The summed E-state index contributed by atoms with van der Waals surface area (Å²) in [6.45, 7) is 1.31. The third-order valence-electron chi connectivity index (χ3n) is 3.08. The van der Waals surface area contributed by atoms with Crippen LogP contribution < -0.4 is 10.2 Å². The topological polar surface area (TPSA) is 114 Å². The van der Waals surface area contributed by atoms with Crippen LogP contribution in [0.3, 0.4) is 0 Å². The predicted molar refractivity (Wildman–Crippen MR) is 87.2 cm³/mol. The fraction of sp³-hybridized carbons (Fsp3) is 0.125. The van der Waals surface area contributed by atoms with E-state index in [1.54, 1.807) is 31.2 Å². The van der Waals surface area contributed by atoms with E-state index >= 15 is 0 Å². The lowest BCUT2D eigenvalue weighted by Crippen LogP contribution is -2.24. The fourth-order valence-corrected chi connectivity index (χ4v) is 1.87. The number of aromatic hydroxyl groups is 1. The summed E-state index contributed by atoms with van der Waals surface area (Å²) in [7, 11) is 0. The number of nitro benzene ring substituents is 1. The van der Waals surface area contributed by atoms with Crippen LogP contribution in [0.15, 0.2) is 47.6 Å². The van der Waals surface area contributed by atoms with Crippen molar-refractivity contribution in [1.82, 2.24) is 5.43 Å². The highest BCUT2D eigenvalue weighted by molar-refractivity contribution is 5.85. The normalized spacial score (nSPS) is 10.5. The van der Waals surface area contributed by atoms with Crippen molar-refractivity contribution in [2.45, 2.75) is 6.92 Å². The van der Waals surface area contributed by atoms with E-state index in [4.69, 9.17) is 4.74 Å². The van der Waals surface area contributed by atoms with Gasteiger partial charge in [0.25, 0.3) is 5.91 Å². The van der Waals surface area contributed by atoms with Crippen LogP contribution in [-0.4, -0.2) is 28.8 Å². The summed E-state index contributed by atoms with van der Waals surface area (Å²) >= 11 is 0. The van der Waals surface area contributed by atoms with Gasteiger partial charge in [-0.1, -0.05) is 24.3 Å². The number of amides is 1. The Morgan fingerprint density at radius 1 is 1.33 bits per heavy atom. The van der Waals surface area contributed by atoms with Gasteiger partial charge in [0.1, 0.15) is 5.75 Å². The summed E-state index contributed by atoms with van der Waals surface area (Å²) in [4.78, 5) is 21.9. The average Bonchev–Trinajstić information content (AvgIpc) is 2.57. The third-order valence-corrected chi connectivity index (χ3v) is 3.08. The van der Waals surface area contributed by atoms with E-state index in [2.05, 4.69) is 10.5 Å².